The van der Waals surface area contributed by atoms with Crippen molar-refractivity contribution in [3.05, 3.63) is 30.3 Å². The minimum atomic E-state index is -2.85. The fraction of sp³-hybridized carbons (Fsp3) is 0.474. The number of carbonyl (C=O) groups excluding carboxylic acids is 1. The average Bonchev–Trinajstić information content (AvgIpc) is 3.32. The van der Waals surface area contributed by atoms with Crippen molar-refractivity contribution in [1.82, 2.24) is 15.1 Å². The molecule has 8 heteroatoms. The molecule has 146 valence electrons. The zero-order valence-corrected chi connectivity index (χ0v) is 15.3. The first-order valence-electron chi connectivity index (χ1n) is 9.16. The van der Waals surface area contributed by atoms with E-state index in [0.29, 0.717) is 24.0 Å². The van der Waals surface area contributed by atoms with E-state index in [2.05, 4.69) is 32.1 Å². The largest absolute Gasteiger partial charge is 0.435 e. The normalized spacial score (nSPS) is 15.9. The predicted octanol–water partition coefficient (Wildman–Crippen LogP) is 3.88. The van der Waals surface area contributed by atoms with Gasteiger partial charge in [0.05, 0.1) is 5.69 Å². The van der Waals surface area contributed by atoms with E-state index in [1.54, 1.807) is 18.2 Å². The van der Waals surface area contributed by atoms with Gasteiger partial charge in [-0.2, -0.15) is 13.9 Å². The first-order valence-corrected chi connectivity index (χ1v) is 9.16. The average molecular weight is 378 g/mol. The lowest BCUT2D eigenvalue weighted by atomic mass is 10.1. The molecule has 2 N–H and O–H groups in total. The Morgan fingerprint density at radius 2 is 2.00 bits per heavy atom. The molecule has 0 aliphatic carbocycles. The Kier molecular flexibility index (Phi) is 6.39. The standard InChI is InChI=1S/C19H24F2N4O2/c1-13(25-10-2-3-11-25)4-9-18(26)22-17-12-16(23-24-17)14-5-7-15(8-6-14)27-19(20)21/h5-8,12-13,19H,2-4,9-11H2,1H3,(H2,22,23,24,26). The van der Waals surface area contributed by atoms with E-state index in [9.17, 15) is 13.6 Å². The van der Waals surface area contributed by atoms with Crippen LogP contribution in [0.1, 0.15) is 32.6 Å². The van der Waals surface area contributed by atoms with Crippen molar-refractivity contribution in [2.75, 3.05) is 18.4 Å². The minimum Gasteiger partial charge on any atom is -0.435 e. The van der Waals surface area contributed by atoms with Crippen molar-refractivity contribution in [2.45, 2.75) is 45.3 Å². The Labute approximate surface area is 156 Å². The Hall–Kier alpha value is -2.48. The first kappa shape index (κ1) is 19.3. The maximum absolute atomic E-state index is 12.2. The van der Waals surface area contributed by atoms with E-state index >= 15 is 0 Å². The van der Waals surface area contributed by atoms with E-state index in [-0.39, 0.29) is 11.7 Å². The Bertz CT molecular complexity index is 742. The summed E-state index contributed by atoms with van der Waals surface area (Å²) in [4.78, 5) is 14.6. The monoisotopic (exact) mass is 378 g/mol. The van der Waals surface area contributed by atoms with E-state index in [1.165, 1.54) is 25.0 Å². The summed E-state index contributed by atoms with van der Waals surface area (Å²) in [5.74, 6) is 0.540. The van der Waals surface area contributed by atoms with Crippen LogP contribution in [-0.2, 0) is 4.79 Å². The number of rotatable bonds is 8. The van der Waals surface area contributed by atoms with Crippen LogP contribution in [0, 0.1) is 0 Å². The second-order valence-corrected chi connectivity index (χ2v) is 6.75. The van der Waals surface area contributed by atoms with Crippen molar-refractivity contribution in [3.63, 3.8) is 0 Å². The molecule has 27 heavy (non-hydrogen) atoms. The van der Waals surface area contributed by atoms with Crippen LogP contribution in [0.25, 0.3) is 11.3 Å². The van der Waals surface area contributed by atoms with Crippen LogP contribution in [0.15, 0.2) is 30.3 Å². The number of nitrogens with zero attached hydrogens (tertiary/aromatic N) is 2. The predicted molar refractivity (Wildman–Crippen MR) is 98.8 cm³/mol. The Morgan fingerprint density at radius 3 is 2.67 bits per heavy atom. The van der Waals surface area contributed by atoms with Gasteiger partial charge < -0.3 is 15.0 Å². The van der Waals surface area contributed by atoms with E-state index in [4.69, 9.17) is 0 Å². The van der Waals surface area contributed by atoms with Gasteiger partial charge in [-0.05, 0) is 63.5 Å². The Balaban J connectivity index is 1.50. The number of nitrogens with one attached hydrogen (secondary N) is 2. The van der Waals surface area contributed by atoms with Gasteiger partial charge in [0.15, 0.2) is 0 Å². The molecular formula is C19H24F2N4O2. The summed E-state index contributed by atoms with van der Waals surface area (Å²) in [6, 6.07) is 8.30. The summed E-state index contributed by atoms with van der Waals surface area (Å²) < 4.78 is 28.7. The molecule has 1 aromatic heterocycles. The highest BCUT2D eigenvalue weighted by atomic mass is 19.3. The van der Waals surface area contributed by atoms with Gasteiger partial charge in [0.2, 0.25) is 5.91 Å². The van der Waals surface area contributed by atoms with Crippen molar-refractivity contribution in [1.29, 1.82) is 0 Å². The summed E-state index contributed by atoms with van der Waals surface area (Å²) in [5.41, 5.74) is 1.34. The molecule has 3 rings (SSSR count). The number of carbonyl (C=O) groups is 1. The van der Waals surface area contributed by atoms with Crippen LogP contribution in [-0.4, -0.2) is 46.7 Å². The third-order valence-electron chi connectivity index (χ3n) is 4.78. The van der Waals surface area contributed by atoms with Gasteiger partial charge in [-0.3, -0.25) is 9.89 Å². The van der Waals surface area contributed by atoms with Gasteiger partial charge in [-0.15, -0.1) is 0 Å². The number of ether oxygens (including phenoxy) is 1. The number of aromatic nitrogens is 2. The molecule has 1 aliphatic rings. The molecular weight excluding hydrogens is 354 g/mol. The molecule has 0 saturated carbocycles. The van der Waals surface area contributed by atoms with Crippen molar-refractivity contribution in [2.24, 2.45) is 0 Å². The highest BCUT2D eigenvalue weighted by Gasteiger charge is 2.18. The second kappa shape index (κ2) is 8.94. The zero-order valence-electron chi connectivity index (χ0n) is 15.3. The number of H-pyrrole nitrogens is 1. The zero-order chi connectivity index (χ0) is 19.2. The molecule has 6 nitrogen and oxygen atoms in total. The molecule has 1 fully saturated rings. The lowest BCUT2D eigenvalue weighted by Gasteiger charge is -2.23. The van der Waals surface area contributed by atoms with Gasteiger partial charge in [0, 0.05) is 24.1 Å². The van der Waals surface area contributed by atoms with Crippen LogP contribution in [0.4, 0.5) is 14.6 Å². The number of alkyl halides is 2. The van der Waals surface area contributed by atoms with Gasteiger partial charge in [0.25, 0.3) is 0 Å². The molecule has 1 unspecified atom stereocenters. The lowest BCUT2D eigenvalue weighted by molar-refractivity contribution is -0.116. The van der Waals surface area contributed by atoms with Gasteiger partial charge in [0.1, 0.15) is 11.6 Å². The fourth-order valence-corrected chi connectivity index (χ4v) is 3.26. The molecule has 2 heterocycles. The SMILES string of the molecule is CC(CCC(=O)Nc1cc(-c2ccc(OC(F)F)cc2)n[nH]1)N1CCCC1. The molecule has 2 aromatic rings. The first-order chi connectivity index (χ1) is 13.0. The van der Waals surface area contributed by atoms with Crippen LogP contribution in [0.5, 0.6) is 5.75 Å². The molecule has 0 spiro atoms. The highest BCUT2D eigenvalue weighted by molar-refractivity contribution is 5.90. The minimum absolute atomic E-state index is 0.0584. The van der Waals surface area contributed by atoms with Crippen molar-refractivity contribution >= 4 is 11.7 Å². The maximum atomic E-state index is 12.2. The third kappa shape index (κ3) is 5.50. The highest BCUT2D eigenvalue weighted by Crippen LogP contribution is 2.23. The van der Waals surface area contributed by atoms with E-state index in [0.717, 1.165) is 25.1 Å². The number of hydrogen-bond acceptors (Lipinski definition) is 4. The second-order valence-electron chi connectivity index (χ2n) is 6.75. The molecule has 1 aliphatic heterocycles. The van der Waals surface area contributed by atoms with Crippen LogP contribution < -0.4 is 10.1 Å². The number of anilines is 1. The van der Waals surface area contributed by atoms with Gasteiger partial charge in [-0.1, -0.05) is 0 Å². The number of halogens is 2. The maximum Gasteiger partial charge on any atom is 0.387 e. The van der Waals surface area contributed by atoms with Crippen molar-refractivity contribution in [3.8, 4) is 17.0 Å². The summed E-state index contributed by atoms with van der Waals surface area (Å²) in [6.45, 7) is 1.55. The summed E-state index contributed by atoms with van der Waals surface area (Å²) >= 11 is 0. The number of aromatic amines is 1. The topological polar surface area (TPSA) is 70.2 Å². The number of amides is 1. The lowest BCUT2D eigenvalue weighted by Crippen LogP contribution is -2.31. The van der Waals surface area contributed by atoms with Crippen LogP contribution in [0.2, 0.25) is 0 Å². The number of benzene rings is 1. The van der Waals surface area contributed by atoms with Gasteiger partial charge >= 0.3 is 6.61 Å². The molecule has 1 amide bonds. The number of likely N-dealkylation sites (tertiary alicyclic amines) is 1. The quantitative estimate of drug-likeness (QED) is 0.731. The molecule has 1 aromatic carbocycles. The fourth-order valence-electron chi connectivity index (χ4n) is 3.26. The smallest absolute Gasteiger partial charge is 0.387 e. The summed E-state index contributed by atoms with van der Waals surface area (Å²) in [6.07, 6.45) is 3.75. The van der Waals surface area contributed by atoms with Gasteiger partial charge in [-0.25, -0.2) is 0 Å². The third-order valence-corrected chi connectivity index (χ3v) is 4.78. The number of hydrogen-bond donors (Lipinski definition) is 2. The van der Waals surface area contributed by atoms with E-state index in [1.807, 2.05) is 0 Å². The van der Waals surface area contributed by atoms with E-state index < -0.39 is 6.61 Å². The molecule has 0 bridgehead atoms. The summed E-state index contributed by atoms with van der Waals surface area (Å²) in [7, 11) is 0. The molecule has 1 saturated heterocycles. The summed E-state index contributed by atoms with van der Waals surface area (Å²) in [5, 5.41) is 9.75. The molecule has 0 radical (unpaired) electrons. The Morgan fingerprint density at radius 1 is 1.30 bits per heavy atom. The van der Waals surface area contributed by atoms with Crippen molar-refractivity contribution < 1.29 is 18.3 Å². The molecule has 1 atom stereocenters. The van der Waals surface area contributed by atoms with Crippen LogP contribution in [0.3, 0.4) is 0 Å². The van der Waals surface area contributed by atoms with Crippen LogP contribution >= 0.6 is 0 Å².